The smallest absolute Gasteiger partial charge is 0.277 e. The van der Waals surface area contributed by atoms with Crippen LogP contribution in [0.25, 0.3) is 0 Å². The molecule has 0 aromatic heterocycles. The van der Waals surface area contributed by atoms with Crippen molar-refractivity contribution >= 4 is 11.9 Å². The highest BCUT2D eigenvalue weighted by atomic mass is 16.4. The third kappa shape index (κ3) is 2.95. The Morgan fingerprint density at radius 3 is 2.21 bits per heavy atom. The number of hydrogen-bond acceptors (Lipinski definition) is 8. The monoisotopic (exact) mass is 202 g/mol. The minimum Gasteiger partial charge on any atom is -0.544 e. The number of nitrogens with zero attached hydrogens (tertiary/aromatic N) is 2. The fourth-order valence-electron chi connectivity index (χ4n) is 1.02. The molecule has 0 fully saturated rings. The van der Waals surface area contributed by atoms with E-state index in [0.29, 0.717) is 0 Å². The summed E-state index contributed by atoms with van der Waals surface area (Å²) >= 11 is 0. The van der Waals surface area contributed by atoms with E-state index in [4.69, 9.17) is 0 Å². The highest BCUT2D eigenvalue weighted by molar-refractivity contribution is 5.67. The molecular formula is C5H8N5O4-. The van der Waals surface area contributed by atoms with E-state index in [2.05, 4.69) is 21.3 Å². The van der Waals surface area contributed by atoms with Gasteiger partial charge in [-0.15, -0.1) is 5.43 Å². The van der Waals surface area contributed by atoms with Crippen LogP contribution in [-0.2, 0) is 9.59 Å². The lowest BCUT2D eigenvalue weighted by Crippen LogP contribution is -3.19. The molecule has 1 aliphatic rings. The zero-order valence-corrected chi connectivity index (χ0v) is 7.02. The second-order valence-corrected chi connectivity index (χ2v) is 2.63. The molecule has 0 aromatic rings. The molecule has 78 valence electrons. The summed E-state index contributed by atoms with van der Waals surface area (Å²) in [7, 11) is 0. The van der Waals surface area contributed by atoms with Crippen LogP contribution in [0.1, 0.15) is 0 Å². The normalized spacial score (nSPS) is 19.6. The first kappa shape index (κ1) is 10.3. The molecule has 9 heteroatoms. The van der Waals surface area contributed by atoms with E-state index < -0.39 is 31.3 Å². The van der Waals surface area contributed by atoms with Crippen molar-refractivity contribution in [3.63, 3.8) is 0 Å². The molecule has 3 N–H and O–H groups in total. The first-order chi connectivity index (χ1) is 6.59. The number of rotatable bonds is 5. The Hall–Kier alpha value is -1.74. The summed E-state index contributed by atoms with van der Waals surface area (Å²) in [5, 5.41) is 27.4. The lowest BCUT2D eigenvalue weighted by atomic mass is 10.4. The van der Waals surface area contributed by atoms with E-state index >= 15 is 0 Å². The first-order valence-corrected chi connectivity index (χ1v) is 3.74. The van der Waals surface area contributed by atoms with Crippen LogP contribution in [0.4, 0.5) is 0 Å². The summed E-state index contributed by atoms with van der Waals surface area (Å²) in [5.41, 5.74) is 4.72. The number of hydrogen-bond donors (Lipinski definition) is 3. The van der Waals surface area contributed by atoms with Gasteiger partial charge in [0, 0.05) is 0 Å². The van der Waals surface area contributed by atoms with Gasteiger partial charge in [-0.05, 0) is 0 Å². The molecular weight excluding hydrogens is 194 g/mol. The summed E-state index contributed by atoms with van der Waals surface area (Å²) < 4.78 is 0. The van der Waals surface area contributed by atoms with Crippen molar-refractivity contribution in [1.29, 1.82) is 0 Å². The Bertz CT molecular complexity index is 251. The number of nitrogens with one attached hydrogen (secondary N) is 3. The zero-order chi connectivity index (χ0) is 10.6. The standard InChI is InChI=1S/C5H9N5O4/c11-3(12)1-10(2-4(13)14)5-6-8-9-7-5/h5H,1-2H2,(H,6,9)(H,7,8)(H,11,12)(H,13,14)/p-1. The maximum Gasteiger partial charge on any atom is 0.277 e. The average molecular weight is 202 g/mol. The minimum atomic E-state index is -1.37. The van der Waals surface area contributed by atoms with E-state index in [1.165, 1.54) is 0 Å². The van der Waals surface area contributed by atoms with Crippen LogP contribution in [0.15, 0.2) is 10.3 Å². The van der Waals surface area contributed by atoms with Gasteiger partial charge in [-0.3, -0.25) is 4.90 Å². The summed E-state index contributed by atoms with van der Waals surface area (Å²) in [5.74, 6) is -2.74. The number of carboxylic acids is 2. The minimum absolute atomic E-state index is 0.124. The van der Waals surface area contributed by atoms with Gasteiger partial charge < -0.3 is 19.8 Å². The third-order valence-corrected chi connectivity index (χ3v) is 1.55. The Morgan fingerprint density at radius 1 is 1.29 bits per heavy atom. The van der Waals surface area contributed by atoms with Crippen molar-refractivity contribution in [3.8, 4) is 0 Å². The molecule has 0 aliphatic carbocycles. The van der Waals surface area contributed by atoms with Gasteiger partial charge in [-0.25, -0.2) is 5.53 Å². The lowest BCUT2D eigenvalue weighted by molar-refractivity contribution is -0.916. The SMILES string of the molecule is O=C([O-])C[NH+](CC(=O)[O-])C1N=NNN1. The molecule has 0 aromatic carbocycles. The van der Waals surface area contributed by atoms with Gasteiger partial charge in [-0.1, -0.05) is 10.3 Å². The second kappa shape index (κ2) is 4.48. The largest absolute Gasteiger partial charge is 0.544 e. The topological polar surface area (TPSA) is 133 Å². The predicted octanol–water partition coefficient (Wildman–Crippen LogP) is -5.87. The molecule has 0 amide bonds. The average Bonchev–Trinajstić information content (AvgIpc) is 2.52. The summed E-state index contributed by atoms with van der Waals surface area (Å²) in [6.45, 7) is -0.987. The molecule has 0 saturated heterocycles. The summed E-state index contributed by atoms with van der Waals surface area (Å²) in [4.78, 5) is 20.7. The second-order valence-electron chi connectivity index (χ2n) is 2.63. The highest BCUT2D eigenvalue weighted by Crippen LogP contribution is 1.81. The van der Waals surface area contributed by atoms with Crippen molar-refractivity contribution in [2.75, 3.05) is 13.1 Å². The molecule has 0 spiro atoms. The van der Waals surface area contributed by atoms with Crippen LogP contribution < -0.4 is 26.1 Å². The van der Waals surface area contributed by atoms with E-state index in [1.807, 2.05) is 0 Å². The Kier molecular flexibility index (Phi) is 3.31. The quantitative estimate of drug-likeness (QED) is 0.406. The van der Waals surface area contributed by atoms with Crippen molar-refractivity contribution in [3.05, 3.63) is 0 Å². The van der Waals surface area contributed by atoms with Crippen LogP contribution in [0, 0.1) is 0 Å². The van der Waals surface area contributed by atoms with Gasteiger partial charge in [0.25, 0.3) is 6.29 Å². The maximum atomic E-state index is 10.3. The fraction of sp³-hybridized carbons (Fsp3) is 0.600. The van der Waals surface area contributed by atoms with Crippen molar-refractivity contribution in [2.24, 2.45) is 10.3 Å². The summed E-state index contributed by atoms with van der Waals surface area (Å²) in [6.07, 6.45) is -0.759. The van der Waals surface area contributed by atoms with E-state index in [9.17, 15) is 19.8 Å². The van der Waals surface area contributed by atoms with Gasteiger partial charge in [0.05, 0.1) is 11.9 Å². The number of aliphatic carboxylic acids is 2. The Labute approximate surface area is 78.4 Å². The van der Waals surface area contributed by atoms with Gasteiger partial charge in [0.1, 0.15) is 13.1 Å². The molecule has 1 atom stereocenters. The van der Waals surface area contributed by atoms with Crippen LogP contribution in [0.2, 0.25) is 0 Å². The molecule has 14 heavy (non-hydrogen) atoms. The van der Waals surface area contributed by atoms with E-state index in [0.717, 1.165) is 0 Å². The van der Waals surface area contributed by atoms with Gasteiger partial charge >= 0.3 is 0 Å². The number of carbonyl (C=O) groups is 2. The Morgan fingerprint density at radius 2 is 1.86 bits per heavy atom. The fourth-order valence-corrected chi connectivity index (χ4v) is 1.02. The first-order valence-electron chi connectivity index (χ1n) is 3.74. The predicted molar refractivity (Wildman–Crippen MR) is 35.6 cm³/mol. The van der Waals surface area contributed by atoms with Gasteiger partial charge in [0.15, 0.2) is 0 Å². The van der Waals surface area contributed by atoms with Crippen molar-refractivity contribution < 1.29 is 24.7 Å². The van der Waals surface area contributed by atoms with Crippen molar-refractivity contribution in [2.45, 2.75) is 6.29 Å². The van der Waals surface area contributed by atoms with E-state index in [-0.39, 0.29) is 4.90 Å². The molecule has 0 bridgehead atoms. The van der Waals surface area contributed by atoms with E-state index in [1.54, 1.807) is 0 Å². The van der Waals surface area contributed by atoms with Crippen LogP contribution in [0.5, 0.6) is 0 Å². The number of hydrazine groups is 1. The highest BCUT2D eigenvalue weighted by Gasteiger charge is 2.24. The third-order valence-electron chi connectivity index (χ3n) is 1.55. The zero-order valence-electron chi connectivity index (χ0n) is 7.02. The number of carbonyl (C=O) groups excluding carboxylic acids is 2. The number of quaternary nitrogens is 1. The summed E-state index contributed by atoms with van der Waals surface area (Å²) in [6, 6.07) is 0. The Balaban J connectivity index is 2.55. The lowest BCUT2D eigenvalue weighted by Gasteiger charge is -2.22. The molecule has 0 radical (unpaired) electrons. The van der Waals surface area contributed by atoms with Crippen LogP contribution >= 0.6 is 0 Å². The maximum absolute atomic E-state index is 10.3. The molecule has 1 rings (SSSR count). The molecule has 1 heterocycles. The van der Waals surface area contributed by atoms with Crippen LogP contribution in [0.3, 0.4) is 0 Å². The van der Waals surface area contributed by atoms with Gasteiger partial charge in [-0.2, -0.15) is 0 Å². The molecule has 9 nitrogen and oxygen atoms in total. The molecule has 1 unspecified atom stereocenters. The molecule has 1 aliphatic heterocycles. The van der Waals surface area contributed by atoms with Crippen molar-refractivity contribution in [1.82, 2.24) is 11.0 Å². The van der Waals surface area contributed by atoms with Crippen LogP contribution in [-0.4, -0.2) is 31.3 Å². The van der Waals surface area contributed by atoms with Gasteiger partial charge in [0.2, 0.25) is 0 Å². The molecule has 0 saturated carbocycles. The number of carboxylic acid groups (broad SMARTS) is 2.